The summed E-state index contributed by atoms with van der Waals surface area (Å²) in [5.74, 6) is 1.94. The number of halogens is 2. The zero-order valence-corrected chi connectivity index (χ0v) is 21.6. The third-order valence-corrected chi connectivity index (χ3v) is 8.77. The lowest BCUT2D eigenvalue weighted by Crippen LogP contribution is -2.63. The van der Waals surface area contributed by atoms with Crippen LogP contribution >= 0.6 is 15.9 Å². The number of rotatable bonds is 8. The standard InChI is InChI=1S/C28H35BrFNO2/c1-4-32-24-9-21(22(29)10-25(24)33-15-20-7-5-6-8-23(20)30)14-31-28-13-19-11-26(2,17-28)16-27(3,12-19)18-28/h5-10,19,31H,4,11-18H2,1-3H3. The lowest BCUT2D eigenvalue weighted by Gasteiger charge is -2.65. The normalized spacial score (nSPS) is 32.2. The molecule has 4 bridgehead atoms. The van der Waals surface area contributed by atoms with Crippen molar-refractivity contribution in [1.82, 2.24) is 5.32 Å². The van der Waals surface area contributed by atoms with E-state index in [9.17, 15) is 4.39 Å². The van der Waals surface area contributed by atoms with Gasteiger partial charge in [0.25, 0.3) is 0 Å². The van der Waals surface area contributed by atoms with Crippen LogP contribution in [0.2, 0.25) is 0 Å². The fraction of sp³-hybridized carbons (Fsp3) is 0.571. The summed E-state index contributed by atoms with van der Waals surface area (Å²) in [4.78, 5) is 0. The summed E-state index contributed by atoms with van der Waals surface area (Å²) in [6, 6.07) is 10.7. The number of hydrogen-bond donors (Lipinski definition) is 1. The van der Waals surface area contributed by atoms with E-state index in [2.05, 4.69) is 41.2 Å². The summed E-state index contributed by atoms with van der Waals surface area (Å²) >= 11 is 3.76. The molecule has 0 amide bonds. The summed E-state index contributed by atoms with van der Waals surface area (Å²) < 4.78 is 26.9. The Morgan fingerprint density at radius 2 is 1.67 bits per heavy atom. The minimum atomic E-state index is -0.256. The first-order chi connectivity index (χ1) is 15.7. The van der Waals surface area contributed by atoms with Crippen LogP contribution in [0.3, 0.4) is 0 Å². The third-order valence-electron chi connectivity index (χ3n) is 8.03. The zero-order valence-electron chi connectivity index (χ0n) is 20.0. The van der Waals surface area contributed by atoms with E-state index < -0.39 is 0 Å². The van der Waals surface area contributed by atoms with Gasteiger partial charge >= 0.3 is 0 Å². The van der Waals surface area contributed by atoms with Crippen molar-refractivity contribution in [2.24, 2.45) is 16.7 Å². The first kappa shape index (κ1) is 23.2. The summed E-state index contributed by atoms with van der Waals surface area (Å²) in [6.07, 6.45) is 8.05. The number of hydrogen-bond acceptors (Lipinski definition) is 3. The second kappa shape index (κ2) is 8.57. The van der Waals surface area contributed by atoms with E-state index in [0.29, 0.717) is 34.5 Å². The van der Waals surface area contributed by atoms with E-state index in [0.717, 1.165) is 16.9 Å². The van der Waals surface area contributed by atoms with Crippen molar-refractivity contribution < 1.29 is 13.9 Å². The first-order valence-electron chi connectivity index (χ1n) is 12.3. The second-order valence-electron chi connectivity index (χ2n) is 11.5. The molecule has 6 rings (SSSR count). The first-order valence-corrected chi connectivity index (χ1v) is 13.1. The molecule has 0 spiro atoms. The van der Waals surface area contributed by atoms with E-state index >= 15 is 0 Å². The molecule has 0 aliphatic heterocycles. The fourth-order valence-corrected chi connectivity index (χ4v) is 8.25. The largest absolute Gasteiger partial charge is 0.490 e. The number of benzene rings is 2. The van der Waals surface area contributed by atoms with Crippen molar-refractivity contribution in [1.29, 1.82) is 0 Å². The highest BCUT2D eigenvalue weighted by Gasteiger charge is 2.59. The Labute approximate surface area is 205 Å². The molecule has 4 fully saturated rings. The molecule has 3 nitrogen and oxygen atoms in total. The Balaban J connectivity index is 1.33. The molecule has 178 valence electrons. The van der Waals surface area contributed by atoms with Gasteiger partial charge in [-0.2, -0.15) is 0 Å². The lowest BCUT2D eigenvalue weighted by atomic mass is 9.43. The van der Waals surface area contributed by atoms with Gasteiger partial charge < -0.3 is 14.8 Å². The summed E-state index contributed by atoms with van der Waals surface area (Å²) in [5.41, 5.74) is 2.92. The van der Waals surface area contributed by atoms with Crippen LogP contribution in [0.4, 0.5) is 4.39 Å². The van der Waals surface area contributed by atoms with Crippen LogP contribution in [-0.4, -0.2) is 12.1 Å². The van der Waals surface area contributed by atoms with E-state index in [1.54, 1.807) is 12.1 Å². The average molecular weight is 516 g/mol. The minimum absolute atomic E-state index is 0.165. The molecule has 0 saturated heterocycles. The van der Waals surface area contributed by atoms with Crippen LogP contribution in [0.15, 0.2) is 40.9 Å². The SMILES string of the molecule is CCOc1cc(CNC23CC4CC(C)(CC(C)(C4)C2)C3)c(Br)cc1OCc1ccccc1F. The van der Waals surface area contributed by atoms with Crippen molar-refractivity contribution >= 4 is 15.9 Å². The van der Waals surface area contributed by atoms with Crippen LogP contribution in [0.1, 0.15) is 70.4 Å². The van der Waals surface area contributed by atoms with E-state index in [1.165, 1.54) is 50.2 Å². The summed E-state index contributed by atoms with van der Waals surface area (Å²) in [6.45, 7) is 8.50. The van der Waals surface area contributed by atoms with E-state index in [-0.39, 0.29) is 18.0 Å². The van der Waals surface area contributed by atoms with Gasteiger partial charge in [-0.1, -0.05) is 48.0 Å². The molecule has 4 aliphatic carbocycles. The Morgan fingerprint density at radius 3 is 2.33 bits per heavy atom. The molecule has 0 radical (unpaired) electrons. The van der Waals surface area contributed by atoms with Gasteiger partial charge in [-0.3, -0.25) is 0 Å². The van der Waals surface area contributed by atoms with Crippen molar-refractivity contribution in [3.05, 3.63) is 57.8 Å². The van der Waals surface area contributed by atoms with Gasteiger partial charge in [0.15, 0.2) is 11.5 Å². The number of nitrogens with one attached hydrogen (secondary N) is 1. The Kier molecular flexibility index (Phi) is 6.01. The van der Waals surface area contributed by atoms with Crippen LogP contribution in [0.25, 0.3) is 0 Å². The van der Waals surface area contributed by atoms with E-state index in [4.69, 9.17) is 9.47 Å². The molecule has 2 aromatic rings. The quantitative estimate of drug-likeness (QED) is 0.397. The molecule has 1 N–H and O–H groups in total. The molecule has 4 aliphatic rings. The second-order valence-corrected chi connectivity index (χ2v) is 12.3. The van der Waals surface area contributed by atoms with Crippen LogP contribution in [0.5, 0.6) is 11.5 Å². The molecule has 2 atom stereocenters. The van der Waals surface area contributed by atoms with Gasteiger partial charge in [-0.25, -0.2) is 4.39 Å². The highest BCUT2D eigenvalue weighted by atomic mass is 79.9. The Bertz CT molecular complexity index is 1020. The predicted octanol–water partition coefficient (Wildman–Crippen LogP) is 7.40. The fourth-order valence-electron chi connectivity index (χ4n) is 7.79. The van der Waals surface area contributed by atoms with Gasteiger partial charge in [0.1, 0.15) is 12.4 Å². The molecule has 0 aromatic heterocycles. The van der Waals surface area contributed by atoms with Gasteiger partial charge in [0.2, 0.25) is 0 Å². The molecule has 0 heterocycles. The highest BCUT2D eigenvalue weighted by molar-refractivity contribution is 9.10. The maximum Gasteiger partial charge on any atom is 0.162 e. The van der Waals surface area contributed by atoms with Crippen molar-refractivity contribution in [2.75, 3.05) is 6.61 Å². The van der Waals surface area contributed by atoms with Gasteiger partial charge in [-0.05, 0) is 86.0 Å². The number of ether oxygens (including phenoxy) is 2. The minimum Gasteiger partial charge on any atom is -0.490 e. The molecule has 33 heavy (non-hydrogen) atoms. The van der Waals surface area contributed by atoms with Crippen molar-refractivity contribution in [3.63, 3.8) is 0 Å². The third kappa shape index (κ3) is 4.68. The van der Waals surface area contributed by atoms with Crippen LogP contribution in [-0.2, 0) is 13.2 Å². The van der Waals surface area contributed by atoms with Gasteiger partial charge in [-0.15, -0.1) is 0 Å². The molecule has 2 unspecified atom stereocenters. The van der Waals surface area contributed by atoms with Crippen LogP contribution < -0.4 is 14.8 Å². The molecule has 5 heteroatoms. The average Bonchev–Trinajstić information content (AvgIpc) is 2.71. The van der Waals surface area contributed by atoms with Crippen molar-refractivity contribution in [3.8, 4) is 11.5 Å². The van der Waals surface area contributed by atoms with Gasteiger partial charge in [0.05, 0.1) is 6.61 Å². The van der Waals surface area contributed by atoms with Crippen molar-refractivity contribution in [2.45, 2.75) is 78.0 Å². The molecular formula is C28H35BrFNO2. The zero-order chi connectivity index (χ0) is 23.3. The summed E-state index contributed by atoms with van der Waals surface area (Å²) in [5, 5.41) is 4.01. The smallest absolute Gasteiger partial charge is 0.162 e. The Hall–Kier alpha value is -1.59. The topological polar surface area (TPSA) is 30.5 Å². The predicted molar refractivity (Wildman–Crippen MR) is 133 cm³/mol. The van der Waals surface area contributed by atoms with E-state index in [1.807, 2.05) is 19.1 Å². The summed E-state index contributed by atoms with van der Waals surface area (Å²) in [7, 11) is 0. The lowest BCUT2D eigenvalue weighted by molar-refractivity contribution is -0.118. The van der Waals surface area contributed by atoms with Gasteiger partial charge in [0, 0.05) is 22.1 Å². The molecular weight excluding hydrogens is 481 g/mol. The molecule has 2 aromatic carbocycles. The molecule has 4 saturated carbocycles. The maximum absolute atomic E-state index is 14.0. The monoisotopic (exact) mass is 515 g/mol. The Morgan fingerprint density at radius 1 is 0.970 bits per heavy atom. The maximum atomic E-state index is 14.0. The van der Waals surface area contributed by atoms with Crippen LogP contribution in [0, 0.1) is 22.6 Å². The highest BCUT2D eigenvalue weighted by Crippen LogP contribution is 2.66.